The number of para-hydroxylation sites is 2. The Morgan fingerprint density at radius 3 is 2.75 bits per heavy atom. The highest BCUT2D eigenvalue weighted by atomic mass is 15.2. The van der Waals surface area contributed by atoms with Crippen molar-refractivity contribution in [2.75, 3.05) is 13.1 Å². The normalized spacial score (nSPS) is 18.8. The second-order valence-corrected chi connectivity index (χ2v) is 6.89. The van der Waals surface area contributed by atoms with E-state index in [0.717, 1.165) is 13.1 Å². The van der Waals surface area contributed by atoms with Gasteiger partial charge >= 0.3 is 0 Å². The highest BCUT2D eigenvalue weighted by Gasteiger charge is 2.26. The van der Waals surface area contributed by atoms with E-state index in [4.69, 9.17) is 0 Å². The standard InChI is InChI=1S/C21H21N3/c1-3-7-20-15(5-1)11-17(23-20)14-24-10-9-16(13-24)19-12-22-21-8-4-2-6-18(19)21/h1-8,11-12,16,22-23H,9-10,13-14H2/t16-/m0/s1. The number of nitrogens with one attached hydrogen (secondary N) is 2. The summed E-state index contributed by atoms with van der Waals surface area (Å²) in [5, 5.41) is 2.69. The van der Waals surface area contributed by atoms with Crippen LogP contribution in [0.2, 0.25) is 0 Å². The zero-order valence-corrected chi connectivity index (χ0v) is 13.6. The van der Waals surface area contributed by atoms with Gasteiger partial charge in [-0.3, -0.25) is 4.90 Å². The van der Waals surface area contributed by atoms with E-state index >= 15 is 0 Å². The summed E-state index contributed by atoms with van der Waals surface area (Å²) in [6.45, 7) is 3.31. The van der Waals surface area contributed by atoms with Crippen molar-refractivity contribution >= 4 is 21.8 Å². The molecule has 0 bridgehead atoms. The minimum absolute atomic E-state index is 0.630. The molecular formula is C21H21N3. The molecule has 0 saturated carbocycles. The molecule has 1 saturated heterocycles. The van der Waals surface area contributed by atoms with Crippen molar-refractivity contribution in [1.82, 2.24) is 14.9 Å². The fraction of sp³-hybridized carbons (Fsp3) is 0.238. The monoisotopic (exact) mass is 315 g/mol. The Balaban J connectivity index is 1.35. The van der Waals surface area contributed by atoms with Gasteiger partial charge in [0.2, 0.25) is 0 Å². The lowest BCUT2D eigenvalue weighted by Crippen LogP contribution is -2.19. The van der Waals surface area contributed by atoms with Crippen LogP contribution < -0.4 is 0 Å². The van der Waals surface area contributed by atoms with Crippen LogP contribution in [-0.4, -0.2) is 28.0 Å². The van der Waals surface area contributed by atoms with Gasteiger partial charge in [-0.25, -0.2) is 0 Å². The van der Waals surface area contributed by atoms with E-state index in [2.05, 4.69) is 75.7 Å². The van der Waals surface area contributed by atoms with Gasteiger partial charge in [0.1, 0.15) is 0 Å². The summed E-state index contributed by atoms with van der Waals surface area (Å²) in [6.07, 6.45) is 3.45. The van der Waals surface area contributed by atoms with E-state index in [1.807, 2.05) is 0 Å². The van der Waals surface area contributed by atoms with E-state index in [1.165, 1.54) is 46.0 Å². The Bertz CT molecular complexity index is 961. The highest BCUT2D eigenvalue weighted by molar-refractivity contribution is 5.83. The summed E-state index contributed by atoms with van der Waals surface area (Å²) in [5.41, 5.74) is 5.28. The van der Waals surface area contributed by atoms with E-state index in [9.17, 15) is 0 Å². The second-order valence-electron chi connectivity index (χ2n) is 6.89. The van der Waals surface area contributed by atoms with Crippen molar-refractivity contribution < 1.29 is 0 Å². The Hall–Kier alpha value is -2.52. The number of fused-ring (bicyclic) bond motifs is 2. The van der Waals surface area contributed by atoms with Crippen LogP contribution >= 0.6 is 0 Å². The molecule has 24 heavy (non-hydrogen) atoms. The molecule has 2 N–H and O–H groups in total. The van der Waals surface area contributed by atoms with Crippen LogP contribution in [0.3, 0.4) is 0 Å². The maximum absolute atomic E-state index is 3.55. The van der Waals surface area contributed by atoms with E-state index < -0.39 is 0 Å². The predicted molar refractivity (Wildman–Crippen MR) is 99.2 cm³/mol. The molecule has 4 aromatic rings. The highest BCUT2D eigenvalue weighted by Crippen LogP contribution is 2.33. The van der Waals surface area contributed by atoms with E-state index in [0.29, 0.717) is 5.92 Å². The maximum atomic E-state index is 3.55. The molecular weight excluding hydrogens is 294 g/mol. The predicted octanol–water partition coefficient (Wildman–Crippen LogP) is 4.64. The van der Waals surface area contributed by atoms with Crippen LogP contribution in [0.4, 0.5) is 0 Å². The van der Waals surface area contributed by atoms with Gasteiger partial charge in [-0.05, 0) is 48.0 Å². The molecule has 2 aromatic carbocycles. The Kier molecular flexibility index (Phi) is 3.20. The number of nitrogens with zero attached hydrogens (tertiary/aromatic N) is 1. The van der Waals surface area contributed by atoms with Crippen molar-refractivity contribution in [2.24, 2.45) is 0 Å². The third-order valence-corrected chi connectivity index (χ3v) is 5.31. The number of hydrogen-bond acceptors (Lipinski definition) is 1. The van der Waals surface area contributed by atoms with Crippen molar-refractivity contribution in [3.05, 3.63) is 72.1 Å². The zero-order valence-electron chi connectivity index (χ0n) is 13.6. The first kappa shape index (κ1) is 13.9. The molecule has 0 amide bonds. The fourth-order valence-corrected chi connectivity index (χ4v) is 4.12. The molecule has 3 heterocycles. The van der Waals surface area contributed by atoms with Crippen LogP contribution in [0.1, 0.15) is 23.6 Å². The Labute approximate surface area is 141 Å². The van der Waals surface area contributed by atoms with Crippen molar-refractivity contribution in [3.63, 3.8) is 0 Å². The van der Waals surface area contributed by atoms with Gasteiger partial charge in [0.05, 0.1) is 0 Å². The van der Waals surface area contributed by atoms with Crippen LogP contribution in [0.15, 0.2) is 60.8 Å². The van der Waals surface area contributed by atoms with Gasteiger partial charge in [0.15, 0.2) is 0 Å². The number of aromatic amines is 2. The molecule has 1 atom stereocenters. The van der Waals surface area contributed by atoms with Gasteiger partial charge < -0.3 is 9.97 Å². The van der Waals surface area contributed by atoms with Crippen molar-refractivity contribution in [3.8, 4) is 0 Å². The lowest BCUT2D eigenvalue weighted by Gasteiger charge is -2.15. The second kappa shape index (κ2) is 5.53. The molecule has 0 radical (unpaired) electrons. The van der Waals surface area contributed by atoms with Gasteiger partial charge in [-0.15, -0.1) is 0 Å². The number of hydrogen-bond donors (Lipinski definition) is 2. The molecule has 5 rings (SSSR count). The van der Waals surface area contributed by atoms with Crippen molar-refractivity contribution in [1.29, 1.82) is 0 Å². The average Bonchev–Trinajstić information content (AvgIpc) is 3.31. The summed E-state index contributed by atoms with van der Waals surface area (Å²) >= 11 is 0. The van der Waals surface area contributed by atoms with E-state index in [1.54, 1.807) is 0 Å². The van der Waals surface area contributed by atoms with Gasteiger partial charge in [-0.1, -0.05) is 36.4 Å². The number of likely N-dealkylation sites (tertiary alicyclic amines) is 1. The van der Waals surface area contributed by atoms with Crippen LogP contribution in [-0.2, 0) is 6.54 Å². The van der Waals surface area contributed by atoms with Gasteiger partial charge in [-0.2, -0.15) is 0 Å². The lowest BCUT2D eigenvalue weighted by atomic mass is 9.98. The maximum Gasteiger partial charge on any atom is 0.0456 e. The molecule has 0 aliphatic carbocycles. The Morgan fingerprint density at radius 2 is 1.83 bits per heavy atom. The van der Waals surface area contributed by atoms with Crippen LogP contribution in [0, 0.1) is 0 Å². The fourth-order valence-electron chi connectivity index (χ4n) is 4.12. The molecule has 2 aromatic heterocycles. The molecule has 0 unspecified atom stereocenters. The van der Waals surface area contributed by atoms with Gasteiger partial charge in [0, 0.05) is 41.4 Å². The average molecular weight is 315 g/mol. The summed E-state index contributed by atoms with van der Waals surface area (Å²) in [4.78, 5) is 9.54. The molecule has 3 nitrogen and oxygen atoms in total. The lowest BCUT2D eigenvalue weighted by molar-refractivity contribution is 0.324. The molecule has 1 aliphatic rings. The number of benzene rings is 2. The number of aromatic nitrogens is 2. The third-order valence-electron chi connectivity index (χ3n) is 5.31. The zero-order chi connectivity index (χ0) is 15.9. The summed E-state index contributed by atoms with van der Waals surface area (Å²) in [6, 6.07) is 19.4. The molecule has 1 fully saturated rings. The largest absolute Gasteiger partial charge is 0.361 e. The summed E-state index contributed by atoms with van der Waals surface area (Å²) < 4.78 is 0. The smallest absolute Gasteiger partial charge is 0.0456 e. The quantitative estimate of drug-likeness (QED) is 0.567. The molecule has 120 valence electrons. The molecule has 1 aliphatic heterocycles. The SMILES string of the molecule is c1ccc2[nH]c(CN3CC[C@H](c4c[nH]c5ccccc45)C3)cc2c1. The molecule has 0 spiro atoms. The van der Waals surface area contributed by atoms with Gasteiger partial charge in [0.25, 0.3) is 0 Å². The first-order chi connectivity index (χ1) is 11.9. The minimum atomic E-state index is 0.630. The Morgan fingerprint density at radius 1 is 1.00 bits per heavy atom. The first-order valence-electron chi connectivity index (χ1n) is 8.72. The molecule has 3 heteroatoms. The first-order valence-corrected chi connectivity index (χ1v) is 8.72. The minimum Gasteiger partial charge on any atom is -0.361 e. The topological polar surface area (TPSA) is 34.8 Å². The van der Waals surface area contributed by atoms with Crippen LogP contribution in [0.5, 0.6) is 0 Å². The summed E-state index contributed by atoms with van der Waals surface area (Å²) in [5.74, 6) is 0.630. The van der Waals surface area contributed by atoms with Crippen molar-refractivity contribution in [2.45, 2.75) is 18.9 Å². The number of H-pyrrole nitrogens is 2. The third kappa shape index (κ3) is 2.33. The number of rotatable bonds is 3. The van der Waals surface area contributed by atoms with Crippen LogP contribution in [0.25, 0.3) is 21.8 Å². The van der Waals surface area contributed by atoms with E-state index in [-0.39, 0.29) is 0 Å². The summed E-state index contributed by atoms with van der Waals surface area (Å²) in [7, 11) is 0.